The molecule has 0 fully saturated rings. The first-order valence-electron chi connectivity index (χ1n) is 8.26. The summed E-state index contributed by atoms with van der Waals surface area (Å²) in [7, 11) is -4.02. The lowest BCUT2D eigenvalue weighted by atomic mass is 10.3. The highest BCUT2D eigenvalue weighted by molar-refractivity contribution is 7.92. The van der Waals surface area contributed by atoms with Crippen LogP contribution in [0.5, 0.6) is 0 Å². The molecular formula is C20H16Cl2N2O3S. The van der Waals surface area contributed by atoms with Crippen LogP contribution in [-0.2, 0) is 14.8 Å². The number of carbonyl (C=O) groups is 1. The van der Waals surface area contributed by atoms with Crippen LogP contribution in [-0.4, -0.2) is 20.9 Å². The summed E-state index contributed by atoms with van der Waals surface area (Å²) in [5.74, 6) is -0.549. The van der Waals surface area contributed by atoms with Crippen molar-refractivity contribution in [1.82, 2.24) is 0 Å². The summed E-state index contributed by atoms with van der Waals surface area (Å²) >= 11 is 12.3. The topological polar surface area (TPSA) is 66.5 Å². The van der Waals surface area contributed by atoms with E-state index in [-0.39, 0.29) is 15.6 Å². The van der Waals surface area contributed by atoms with Crippen molar-refractivity contribution < 1.29 is 13.2 Å². The standard InChI is InChI=1S/C20H16Cl2N2O3S/c21-16-10-4-6-12-18(16)23-20(25)14-24(19-13-7-5-11-17(19)22)28(26,27)15-8-2-1-3-9-15/h1-13H,14H2,(H,23,25). The number of sulfonamides is 1. The summed E-state index contributed by atoms with van der Waals surface area (Å²) in [6, 6.07) is 21.0. The number of anilines is 2. The van der Waals surface area contributed by atoms with E-state index in [1.165, 1.54) is 12.1 Å². The number of hydrogen-bond donors (Lipinski definition) is 1. The Labute approximate surface area is 173 Å². The maximum absolute atomic E-state index is 13.2. The molecule has 8 heteroatoms. The molecule has 0 aliphatic heterocycles. The van der Waals surface area contributed by atoms with Gasteiger partial charge >= 0.3 is 0 Å². The Morgan fingerprint density at radius 2 is 1.39 bits per heavy atom. The molecule has 0 bridgehead atoms. The van der Waals surface area contributed by atoms with E-state index >= 15 is 0 Å². The molecular weight excluding hydrogens is 419 g/mol. The number of rotatable bonds is 6. The van der Waals surface area contributed by atoms with E-state index in [0.29, 0.717) is 10.7 Å². The molecule has 5 nitrogen and oxygen atoms in total. The average molecular weight is 435 g/mol. The Bertz CT molecular complexity index is 1090. The molecule has 1 amide bonds. The molecule has 0 unspecified atom stereocenters. The van der Waals surface area contributed by atoms with Gasteiger partial charge in [-0.1, -0.05) is 65.7 Å². The van der Waals surface area contributed by atoms with Crippen molar-refractivity contribution in [2.75, 3.05) is 16.2 Å². The molecule has 0 radical (unpaired) electrons. The quantitative estimate of drug-likeness (QED) is 0.603. The molecule has 3 aromatic carbocycles. The summed E-state index contributed by atoms with van der Waals surface area (Å²) in [6.45, 7) is -0.466. The van der Waals surface area contributed by atoms with Crippen LogP contribution in [0.4, 0.5) is 11.4 Å². The van der Waals surface area contributed by atoms with Crippen LogP contribution in [0.15, 0.2) is 83.8 Å². The Kier molecular flexibility index (Phi) is 6.24. The van der Waals surface area contributed by atoms with Crippen LogP contribution in [0.3, 0.4) is 0 Å². The van der Waals surface area contributed by atoms with E-state index < -0.39 is 22.5 Å². The predicted octanol–water partition coefficient (Wildman–Crippen LogP) is 4.83. The fraction of sp³-hybridized carbons (Fsp3) is 0.0500. The summed E-state index contributed by atoms with van der Waals surface area (Å²) in [6.07, 6.45) is 0. The van der Waals surface area contributed by atoms with Gasteiger partial charge in [-0.05, 0) is 36.4 Å². The van der Waals surface area contributed by atoms with Gasteiger partial charge in [0.1, 0.15) is 6.54 Å². The number of carbonyl (C=O) groups excluding carboxylic acids is 1. The Morgan fingerprint density at radius 3 is 2.04 bits per heavy atom. The third kappa shape index (κ3) is 4.47. The van der Waals surface area contributed by atoms with Crippen LogP contribution in [0.1, 0.15) is 0 Å². The molecule has 0 aliphatic rings. The lowest BCUT2D eigenvalue weighted by molar-refractivity contribution is -0.114. The largest absolute Gasteiger partial charge is 0.323 e. The van der Waals surface area contributed by atoms with E-state index in [0.717, 1.165) is 4.31 Å². The number of amides is 1. The zero-order valence-corrected chi connectivity index (χ0v) is 16.9. The van der Waals surface area contributed by atoms with Gasteiger partial charge in [-0.15, -0.1) is 0 Å². The molecule has 144 valence electrons. The second-order valence-electron chi connectivity index (χ2n) is 5.80. The second-order valence-corrected chi connectivity index (χ2v) is 8.48. The van der Waals surface area contributed by atoms with Gasteiger partial charge in [-0.25, -0.2) is 8.42 Å². The van der Waals surface area contributed by atoms with Gasteiger partial charge in [0.05, 0.1) is 26.3 Å². The summed E-state index contributed by atoms with van der Waals surface area (Å²) in [5.41, 5.74) is 0.604. The first kappa shape index (κ1) is 20.2. The van der Waals surface area contributed by atoms with Crippen LogP contribution in [0.2, 0.25) is 10.0 Å². The van der Waals surface area contributed by atoms with Gasteiger partial charge in [0.25, 0.3) is 10.0 Å². The smallest absolute Gasteiger partial charge is 0.264 e. The van der Waals surface area contributed by atoms with Crippen molar-refractivity contribution in [3.8, 4) is 0 Å². The van der Waals surface area contributed by atoms with Crippen molar-refractivity contribution in [2.24, 2.45) is 0 Å². The van der Waals surface area contributed by atoms with E-state index in [2.05, 4.69) is 5.32 Å². The molecule has 0 aliphatic carbocycles. The molecule has 0 saturated carbocycles. The van der Waals surface area contributed by atoms with Gasteiger partial charge < -0.3 is 5.32 Å². The highest BCUT2D eigenvalue weighted by Gasteiger charge is 2.28. The molecule has 0 heterocycles. The van der Waals surface area contributed by atoms with Gasteiger partial charge in [-0.3, -0.25) is 9.10 Å². The zero-order valence-electron chi connectivity index (χ0n) is 14.5. The van der Waals surface area contributed by atoms with E-state index in [1.807, 2.05) is 0 Å². The first-order valence-corrected chi connectivity index (χ1v) is 10.5. The van der Waals surface area contributed by atoms with Crippen molar-refractivity contribution in [1.29, 1.82) is 0 Å². The third-order valence-electron chi connectivity index (χ3n) is 3.89. The summed E-state index contributed by atoms with van der Waals surface area (Å²) < 4.78 is 27.4. The molecule has 0 atom stereocenters. The molecule has 1 N–H and O–H groups in total. The van der Waals surface area contributed by atoms with E-state index in [9.17, 15) is 13.2 Å². The lowest BCUT2D eigenvalue weighted by Gasteiger charge is -2.25. The predicted molar refractivity (Wildman–Crippen MR) is 113 cm³/mol. The van der Waals surface area contributed by atoms with E-state index in [4.69, 9.17) is 23.2 Å². The molecule has 3 rings (SSSR count). The Hall–Kier alpha value is -2.54. The van der Waals surface area contributed by atoms with Crippen LogP contribution >= 0.6 is 23.2 Å². The monoisotopic (exact) mass is 434 g/mol. The first-order chi connectivity index (χ1) is 13.4. The van der Waals surface area contributed by atoms with Crippen molar-refractivity contribution in [2.45, 2.75) is 4.90 Å². The van der Waals surface area contributed by atoms with Crippen molar-refractivity contribution in [3.05, 3.63) is 88.9 Å². The number of benzene rings is 3. The molecule has 0 saturated heterocycles. The van der Waals surface area contributed by atoms with Gasteiger partial charge in [0.15, 0.2) is 0 Å². The Morgan fingerprint density at radius 1 is 0.821 bits per heavy atom. The number of nitrogens with one attached hydrogen (secondary N) is 1. The van der Waals surface area contributed by atoms with Gasteiger partial charge in [-0.2, -0.15) is 0 Å². The molecule has 0 spiro atoms. The highest BCUT2D eigenvalue weighted by atomic mass is 35.5. The van der Waals surface area contributed by atoms with Gasteiger partial charge in [0.2, 0.25) is 5.91 Å². The number of halogens is 2. The van der Waals surface area contributed by atoms with Gasteiger partial charge in [0, 0.05) is 0 Å². The van der Waals surface area contributed by atoms with Crippen LogP contribution in [0, 0.1) is 0 Å². The number of para-hydroxylation sites is 2. The van der Waals surface area contributed by atoms with Crippen LogP contribution < -0.4 is 9.62 Å². The lowest BCUT2D eigenvalue weighted by Crippen LogP contribution is -2.38. The highest BCUT2D eigenvalue weighted by Crippen LogP contribution is 2.30. The SMILES string of the molecule is O=C(CN(c1ccccc1Cl)S(=O)(=O)c1ccccc1)Nc1ccccc1Cl. The number of nitrogens with zero attached hydrogens (tertiary/aromatic N) is 1. The maximum atomic E-state index is 13.2. The second kappa shape index (κ2) is 8.65. The van der Waals surface area contributed by atoms with Crippen molar-refractivity contribution in [3.63, 3.8) is 0 Å². The van der Waals surface area contributed by atoms with Crippen molar-refractivity contribution >= 4 is 50.5 Å². The zero-order chi connectivity index (χ0) is 20.1. The fourth-order valence-corrected chi connectivity index (χ4v) is 4.49. The number of hydrogen-bond acceptors (Lipinski definition) is 3. The normalized spacial score (nSPS) is 11.1. The molecule has 28 heavy (non-hydrogen) atoms. The minimum Gasteiger partial charge on any atom is -0.323 e. The maximum Gasteiger partial charge on any atom is 0.264 e. The molecule has 0 aromatic heterocycles. The van der Waals surface area contributed by atoms with E-state index in [1.54, 1.807) is 66.7 Å². The summed E-state index contributed by atoms with van der Waals surface area (Å²) in [4.78, 5) is 12.7. The Balaban J connectivity index is 1.97. The fourth-order valence-electron chi connectivity index (χ4n) is 2.56. The summed E-state index contributed by atoms with van der Waals surface area (Å²) in [5, 5.41) is 3.20. The minimum atomic E-state index is -4.02. The molecule has 3 aromatic rings. The minimum absolute atomic E-state index is 0.0560. The third-order valence-corrected chi connectivity index (χ3v) is 6.31. The average Bonchev–Trinajstić information content (AvgIpc) is 2.69. The van der Waals surface area contributed by atoms with Crippen LogP contribution in [0.25, 0.3) is 0 Å².